The van der Waals surface area contributed by atoms with Crippen molar-refractivity contribution in [2.75, 3.05) is 20.3 Å². The molecule has 0 aromatic carbocycles. The van der Waals surface area contributed by atoms with E-state index in [0.29, 0.717) is 6.04 Å². The molecule has 1 unspecified atom stereocenters. The lowest BCUT2D eigenvalue weighted by Crippen LogP contribution is -2.23. The minimum absolute atomic E-state index is 0.567. The average molecular weight is 222 g/mol. The Labute approximate surface area is 97.8 Å². The van der Waals surface area contributed by atoms with Gasteiger partial charge in [-0.05, 0) is 36.9 Å². The molecule has 0 saturated carbocycles. The number of rotatable bonds is 5. The van der Waals surface area contributed by atoms with Crippen LogP contribution in [0, 0.1) is 0 Å². The van der Waals surface area contributed by atoms with Crippen molar-refractivity contribution in [1.29, 1.82) is 0 Å². The second-order valence-corrected chi connectivity index (χ2v) is 4.47. The number of methoxy groups -OCH3 is 1. The molecule has 3 nitrogen and oxygen atoms in total. The normalized spacial score (nSPS) is 19.8. The highest BCUT2D eigenvalue weighted by atomic mass is 16.5. The fourth-order valence-electron chi connectivity index (χ4n) is 2.53. The number of fused-ring (bicyclic) bond motifs is 1. The van der Waals surface area contributed by atoms with Gasteiger partial charge in [0.2, 0.25) is 0 Å². The summed E-state index contributed by atoms with van der Waals surface area (Å²) >= 11 is 0. The third-order valence-corrected chi connectivity index (χ3v) is 3.32. The van der Waals surface area contributed by atoms with E-state index >= 15 is 0 Å². The zero-order valence-corrected chi connectivity index (χ0v) is 10.3. The molecule has 1 aliphatic rings. The van der Waals surface area contributed by atoms with Crippen molar-refractivity contribution in [3.05, 3.63) is 23.5 Å². The Morgan fingerprint density at radius 3 is 3.12 bits per heavy atom. The Morgan fingerprint density at radius 2 is 2.38 bits per heavy atom. The molecular weight excluding hydrogens is 200 g/mol. The van der Waals surface area contributed by atoms with Crippen LogP contribution in [0.1, 0.15) is 36.9 Å². The second kappa shape index (κ2) is 5.51. The summed E-state index contributed by atoms with van der Waals surface area (Å²) in [5.74, 6) is 0. The fraction of sp³-hybridized carbons (Fsp3) is 0.692. The van der Waals surface area contributed by atoms with Crippen molar-refractivity contribution in [1.82, 2.24) is 9.88 Å². The SMILES string of the molecule is CCNC1CCCc2cn(CCOC)cc21. The van der Waals surface area contributed by atoms with E-state index in [0.717, 1.165) is 19.7 Å². The zero-order chi connectivity index (χ0) is 11.4. The van der Waals surface area contributed by atoms with Crippen LogP contribution in [-0.4, -0.2) is 24.8 Å². The maximum Gasteiger partial charge on any atom is 0.0641 e. The molecule has 1 aromatic heterocycles. The molecule has 3 heteroatoms. The average Bonchev–Trinajstić information content (AvgIpc) is 2.70. The number of nitrogens with one attached hydrogen (secondary N) is 1. The van der Waals surface area contributed by atoms with E-state index in [1.54, 1.807) is 7.11 Å². The van der Waals surface area contributed by atoms with E-state index in [1.807, 2.05) is 0 Å². The summed E-state index contributed by atoms with van der Waals surface area (Å²) in [7, 11) is 1.75. The van der Waals surface area contributed by atoms with Crippen LogP contribution in [0.2, 0.25) is 0 Å². The van der Waals surface area contributed by atoms with Crippen molar-refractivity contribution >= 4 is 0 Å². The van der Waals surface area contributed by atoms with Gasteiger partial charge in [0.25, 0.3) is 0 Å². The number of ether oxygens (including phenoxy) is 1. The molecule has 0 radical (unpaired) electrons. The van der Waals surface area contributed by atoms with Crippen LogP contribution >= 0.6 is 0 Å². The number of nitrogens with zero attached hydrogens (tertiary/aromatic N) is 1. The van der Waals surface area contributed by atoms with Gasteiger partial charge in [0.15, 0.2) is 0 Å². The molecule has 1 N–H and O–H groups in total. The van der Waals surface area contributed by atoms with Gasteiger partial charge < -0.3 is 14.6 Å². The molecule has 16 heavy (non-hydrogen) atoms. The molecule has 1 heterocycles. The first-order chi connectivity index (χ1) is 7.85. The minimum Gasteiger partial charge on any atom is -0.383 e. The van der Waals surface area contributed by atoms with Crippen LogP contribution < -0.4 is 5.32 Å². The monoisotopic (exact) mass is 222 g/mol. The highest BCUT2D eigenvalue weighted by Gasteiger charge is 2.20. The van der Waals surface area contributed by atoms with Gasteiger partial charge in [-0.1, -0.05) is 6.92 Å². The van der Waals surface area contributed by atoms with Crippen molar-refractivity contribution in [2.24, 2.45) is 0 Å². The van der Waals surface area contributed by atoms with Crippen molar-refractivity contribution in [3.63, 3.8) is 0 Å². The lowest BCUT2D eigenvalue weighted by atomic mass is 9.91. The van der Waals surface area contributed by atoms with E-state index in [9.17, 15) is 0 Å². The number of hydrogen-bond donors (Lipinski definition) is 1. The predicted octanol–water partition coefficient (Wildman–Crippen LogP) is 2.12. The highest BCUT2D eigenvalue weighted by Crippen LogP contribution is 2.30. The molecule has 1 aromatic rings. The largest absolute Gasteiger partial charge is 0.383 e. The van der Waals surface area contributed by atoms with E-state index in [4.69, 9.17) is 4.74 Å². The summed E-state index contributed by atoms with van der Waals surface area (Å²) < 4.78 is 7.38. The van der Waals surface area contributed by atoms with E-state index in [1.165, 1.54) is 30.4 Å². The van der Waals surface area contributed by atoms with E-state index in [2.05, 4.69) is 29.2 Å². The summed E-state index contributed by atoms with van der Waals surface area (Å²) in [6, 6.07) is 0.567. The van der Waals surface area contributed by atoms with Gasteiger partial charge in [-0.15, -0.1) is 0 Å². The second-order valence-electron chi connectivity index (χ2n) is 4.47. The molecule has 0 spiro atoms. The Bertz CT molecular complexity index is 333. The maximum absolute atomic E-state index is 5.12. The van der Waals surface area contributed by atoms with Gasteiger partial charge >= 0.3 is 0 Å². The number of aromatic nitrogens is 1. The first-order valence-electron chi connectivity index (χ1n) is 6.26. The van der Waals surface area contributed by atoms with Crippen molar-refractivity contribution < 1.29 is 4.74 Å². The molecular formula is C13H22N2O. The quantitative estimate of drug-likeness (QED) is 0.826. The van der Waals surface area contributed by atoms with Crippen LogP contribution in [0.3, 0.4) is 0 Å². The molecule has 90 valence electrons. The molecule has 0 saturated heterocycles. The van der Waals surface area contributed by atoms with Crippen LogP contribution in [-0.2, 0) is 17.7 Å². The van der Waals surface area contributed by atoms with Gasteiger partial charge in [0, 0.05) is 32.1 Å². The fourth-order valence-corrected chi connectivity index (χ4v) is 2.53. The molecule has 1 atom stereocenters. The molecule has 0 amide bonds. The molecule has 0 fully saturated rings. The van der Waals surface area contributed by atoms with Crippen LogP contribution in [0.4, 0.5) is 0 Å². The third kappa shape index (κ3) is 2.47. The van der Waals surface area contributed by atoms with Gasteiger partial charge in [0.1, 0.15) is 0 Å². The molecule has 2 rings (SSSR count). The summed E-state index contributed by atoms with van der Waals surface area (Å²) in [5, 5.41) is 3.57. The standard InChI is InChI=1S/C13H22N2O/c1-3-14-13-6-4-5-11-9-15(7-8-16-2)10-12(11)13/h9-10,13-14H,3-8H2,1-2H3. The number of hydrogen-bond acceptors (Lipinski definition) is 2. The lowest BCUT2D eigenvalue weighted by Gasteiger charge is -2.22. The van der Waals surface area contributed by atoms with Crippen LogP contribution in [0.5, 0.6) is 0 Å². The molecule has 1 aliphatic carbocycles. The van der Waals surface area contributed by atoms with Gasteiger partial charge in [-0.3, -0.25) is 0 Å². The Kier molecular flexibility index (Phi) is 4.02. The summed E-state index contributed by atoms with van der Waals surface area (Å²) in [5.41, 5.74) is 3.03. The number of aryl methyl sites for hydroxylation is 1. The summed E-state index contributed by atoms with van der Waals surface area (Å²) in [6.07, 6.45) is 8.39. The van der Waals surface area contributed by atoms with E-state index in [-0.39, 0.29) is 0 Å². The van der Waals surface area contributed by atoms with Gasteiger partial charge in [-0.2, -0.15) is 0 Å². The smallest absolute Gasteiger partial charge is 0.0641 e. The predicted molar refractivity (Wildman–Crippen MR) is 65.7 cm³/mol. The topological polar surface area (TPSA) is 26.2 Å². The molecule has 0 aliphatic heterocycles. The summed E-state index contributed by atoms with van der Waals surface area (Å²) in [4.78, 5) is 0. The first-order valence-corrected chi connectivity index (χ1v) is 6.26. The van der Waals surface area contributed by atoms with E-state index < -0.39 is 0 Å². The Hall–Kier alpha value is -0.800. The van der Waals surface area contributed by atoms with Crippen LogP contribution in [0.15, 0.2) is 12.4 Å². The van der Waals surface area contributed by atoms with Gasteiger partial charge in [-0.25, -0.2) is 0 Å². The molecule has 0 bridgehead atoms. The van der Waals surface area contributed by atoms with Gasteiger partial charge in [0.05, 0.1) is 6.61 Å². The Balaban J connectivity index is 2.10. The zero-order valence-electron chi connectivity index (χ0n) is 10.3. The van der Waals surface area contributed by atoms with Crippen molar-refractivity contribution in [3.8, 4) is 0 Å². The van der Waals surface area contributed by atoms with Crippen LogP contribution in [0.25, 0.3) is 0 Å². The first kappa shape index (κ1) is 11.7. The summed E-state index contributed by atoms with van der Waals surface area (Å²) in [6.45, 7) is 4.98. The lowest BCUT2D eigenvalue weighted by molar-refractivity contribution is 0.187. The highest BCUT2D eigenvalue weighted by molar-refractivity contribution is 5.30. The van der Waals surface area contributed by atoms with Crippen molar-refractivity contribution in [2.45, 2.75) is 38.8 Å². The maximum atomic E-state index is 5.12. The minimum atomic E-state index is 0.567. The Morgan fingerprint density at radius 1 is 1.50 bits per heavy atom. The third-order valence-electron chi connectivity index (χ3n) is 3.32.